The summed E-state index contributed by atoms with van der Waals surface area (Å²) in [6.45, 7) is 6.36. The molecule has 6 heteroatoms. The molecule has 0 radical (unpaired) electrons. The minimum Gasteiger partial charge on any atom is -0.337 e. The Morgan fingerprint density at radius 2 is 1.53 bits per heavy atom. The fraction of sp³-hybridized carbons (Fsp3) is 0.923. The zero-order chi connectivity index (χ0) is 11.8. The van der Waals surface area contributed by atoms with Crippen LogP contribution in [-0.2, 0) is 4.79 Å². The van der Waals surface area contributed by atoms with Gasteiger partial charge in [0.05, 0.1) is 0 Å². The van der Waals surface area contributed by atoms with Crippen LogP contribution in [0.1, 0.15) is 32.6 Å². The molecule has 0 aromatic rings. The van der Waals surface area contributed by atoms with Crippen LogP contribution in [0.25, 0.3) is 0 Å². The summed E-state index contributed by atoms with van der Waals surface area (Å²) in [6, 6.07) is 1.79. The molecule has 0 aromatic carbocycles. The first-order valence-electron chi connectivity index (χ1n) is 6.99. The van der Waals surface area contributed by atoms with Gasteiger partial charge in [-0.25, -0.2) is 0 Å². The monoisotopic (exact) mass is 309 g/mol. The van der Waals surface area contributed by atoms with E-state index in [-0.39, 0.29) is 30.7 Å². The SMILES string of the molecule is CC(=O)N1C2CCC1CC(N1CCNCC1)C2.Cl.Cl. The van der Waals surface area contributed by atoms with Crippen molar-refractivity contribution in [3.05, 3.63) is 0 Å². The molecule has 0 saturated carbocycles. The number of carbonyl (C=O) groups is 1. The van der Waals surface area contributed by atoms with Gasteiger partial charge in [-0.1, -0.05) is 0 Å². The van der Waals surface area contributed by atoms with Crippen molar-refractivity contribution >= 4 is 30.7 Å². The standard InChI is InChI=1S/C13H23N3O.2ClH/c1-10(17)16-11-2-3-12(16)9-13(8-11)15-6-4-14-5-7-15;;/h11-14H,2-9H2,1H3;2*1H. The number of piperazine rings is 1. The molecule has 1 amide bonds. The molecule has 0 aromatic heterocycles. The Hall–Kier alpha value is -0.0300. The summed E-state index contributed by atoms with van der Waals surface area (Å²) in [5.41, 5.74) is 0. The number of fused-ring (bicyclic) bond motifs is 2. The third-order valence-electron chi connectivity index (χ3n) is 4.74. The van der Waals surface area contributed by atoms with Crippen LogP contribution < -0.4 is 5.32 Å². The Labute approximate surface area is 128 Å². The average Bonchev–Trinajstić information content (AvgIpc) is 2.62. The van der Waals surface area contributed by atoms with Gasteiger partial charge in [0.15, 0.2) is 0 Å². The third kappa shape index (κ3) is 3.35. The molecule has 3 aliphatic rings. The van der Waals surface area contributed by atoms with Crippen LogP contribution in [-0.4, -0.2) is 60.0 Å². The lowest BCUT2D eigenvalue weighted by molar-refractivity contribution is -0.134. The molecule has 3 aliphatic heterocycles. The van der Waals surface area contributed by atoms with Crippen molar-refractivity contribution in [3.8, 4) is 0 Å². The maximum Gasteiger partial charge on any atom is 0.219 e. The first-order chi connectivity index (χ1) is 8.25. The van der Waals surface area contributed by atoms with E-state index in [1.54, 1.807) is 6.92 Å². The van der Waals surface area contributed by atoms with Crippen LogP contribution in [0, 0.1) is 0 Å². The summed E-state index contributed by atoms with van der Waals surface area (Å²) in [5, 5.41) is 3.41. The zero-order valence-corrected chi connectivity index (χ0v) is 13.1. The summed E-state index contributed by atoms with van der Waals surface area (Å²) >= 11 is 0. The smallest absolute Gasteiger partial charge is 0.219 e. The van der Waals surface area contributed by atoms with Crippen LogP contribution in [0.5, 0.6) is 0 Å². The van der Waals surface area contributed by atoms with E-state index in [0.29, 0.717) is 12.1 Å². The lowest BCUT2D eigenvalue weighted by Crippen LogP contribution is -2.55. The predicted molar refractivity (Wildman–Crippen MR) is 81.3 cm³/mol. The van der Waals surface area contributed by atoms with Crippen molar-refractivity contribution in [1.82, 2.24) is 15.1 Å². The molecule has 2 atom stereocenters. The van der Waals surface area contributed by atoms with E-state index in [0.717, 1.165) is 19.1 Å². The molecule has 19 heavy (non-hydrogen) atoms. The number of hydrogen-bond acceptors (Lipinski definition) is 3. The van der Waals surface area contributed by atoms with Crippen molar-refractivity contribution in [2.45, 2.75) is 50.7 Å². The van der Waals surface area contributed by atoms with Crippen LogP contribution in [0.3, 0.4) is 0 Å². The first kappa shape index (κ1) is 17.0. The van der Waals surface area contributed by atoms with Crippen molar-refractivity contribution in [2.24, 2.45) is 0 Å². The van der Waals surface area contributed by atoms with Gasteiger partial charge < -0.3 is 10.2 Å². The van der Waals surface area contributed by atoms with E-state index >= 15 is 0 Å². The summed E-state index contributed by atoms with van der Waals surface area (Å²) in [5.74, 6) is 0.288. The van der Waals surface area contributed by atoms with Crippen molar-refractivity contribution in [1.29, 1.82) is 0 Å². The minimum absolute atomic E-state index is 0. The Morgan fingerprint density at radius 1 is 1.00 bits per heavy atom. The summed E-state index contributed by atoms with van der Waals surface area (Å²) < 4.78 is 0. The number of nitrogens with one attached hydrogen (secondary N) is 1. The summed E-state index contributed by atoms with van der Waals surface area (Å²) in [4.78, 5) is 16.4. The Morgan fingerprint density at radius 3 is 2.00 bits per heavy atom. The van der Waals surface area contributed by atoms with Gasteiger partial charge >= 0.3 is 0 Å². The largest absolute Gasteiger partial charge is 0.337 e. The highest BCUT2D eigenvalue weighted by atomic mass is 35.5. The summed E-state index contributed by atoms with van der Waals surface area (Å²) in [6.07, 6.45) is 4.87. The second-order valence-corrected chi connectivity index (χ2v) is 5.72. The summed E-state index contributed by atoms with van der Waals surface area (Å²) in [7, 11) is 0. The molecule has 112 valence electrons. The van der Waals surface area contributed by atoms with E-state index in [2.05, 4.69) is 15.1 Å². The van der Waals surface area contributed by atoms with Crippen molar-refractivity contribution in [2.75, 3.05) is 26.2 Å². The zero-order valence-electron chi connectivity index (χ0n) is 11.5. The fourth-order valence-electron chi connectivity index (χ4n) is 4.01. The topological polar surface area (TPSA) is 35.6 Å². The third-order valence-corrected chi connectivity index (χ3v) is 4.74. The molecular formula is C13H25Cl2N3O. The van der Waals surface area contributed by atoms with Crippen LogP contribution in [0.4, 0.5) is 0 Å². The van der Waals surface area contributed by atoms with Crippen molar-refractivity contribution in [3.63, 3.8) is 0 Å². The lowest BCUT2D eigenvalue weighted by Gasteiger charge is -2.44. The van der Waals surface area contributed by atoms with Crippen LogP contribution >= 0.6 is 24.8 Å². The molecule has 3 heterocycles. The van der Waals surface area contributed by atoms with Gasteiger partial charge in [0.1, 0.15) is 0 Å². The van der Waals surface area contributed by atoms with Gasteiger partial charge in [-0.05, 0) is 25.7 Å². The van der Waals surface area contributed by atoms with Crippen LogP contribution in [0.15, 0.2) is 0 Å². The maximum absolute atomic E-state index is 11.6. The Bertz CT molecular complexity index is 296. The van der Waals surface area contributed by atoms with E-state index in [1.807, 2.05) is 0 Å². The van der Waals surface area contributed by atoms with Gasteiger partial charge in [-0.3, -0.25) is 9.69 Å². The fourth-order valence-corrected chi connectivity index (χ4v) is 4.01. The highest BCUT2D eigenvalue weighted by molar-refractivity contribution is 5.85. The number of piperidine rings is 1. The van der Waals surface area contributed by atoms with E-state index in [9.17, 15) is 4.79 Å². The first-order valence-corrected chi connectivity index (χ1v) is 6.99. The molecule has 3 rings (SSSR count). The predicted octanol–water partition coefficient (Wildman–Crippen LogP) is 1.28. The van der Waals surface area contributed by atoms with Gasteiger partial charge in [-0.2, -0.15) is 0 Å². The molecule has 2 unspecified atom stereocenters. The van der Waals surface area contributed by atoms with Gasteiger partial charge in [0.25, 0.3) is 0 Å². The van der Waals surface area contributed by atoms with Crippen LogP contribution in [0.2, 0.25) is 0 Å². The number of rotatable bonds is 1. The van der Waals surface area contributed by atoms with E-state index in [1.165, 1.54) is 38.8 Å². The second-order valence-electron chi connectivity index (χ2n) is 5.72. The Kier molecular flexibility index (Phi) is 6.37. The number of nitrogens with zero attached hydrogens (tertiary/aromatic N) is 2. The number of hydrogen-bond donors (Lipinski definition) is 1. The maximum atomic E-state index is 11.6. The number of halogens is 2. The molecule has 3 fully saturated rings. The quantitative estimate of drug-likeness (QED) is 0.792. The van der Waals surface area contributed by atoms with Crippen molar-refractivity contribution < 1.29 is 4.79 Å². The molecule has 3 saturated heterocycles. The highest BCUT2D eigenvalue weighted by Gasteiger charge is 2.43. The number of amides is 1. The van der Waals surface area contributed by atoms with E-state index < -0.39 is 0 Å². The Balaban J connectivity index is 0.000000902. The molecule has 1 N–H and O–H groups in total. The molecule has 0 spiro atoms. The number of carbonyl (C=O) groups excluding carboxylic acids is 1. The molecule has 2 bridgehead atoms. The minimum atomic E-state index is 0. The second kappa shape index (κ2) is 7.11. The molecule has 4 nitrogen and oxygen atoms in total. The molecular weight excluding hydrogens is 285 g/mol. The van der Waals surface area contributed by atoms with Gasteiger partial charge in [0, 0.05) is 51.2 Å². The van der Waals surface area contributed by atoms with Gasteiger partial charge in [-0.15, -0.1) is 24.8 Å². The normalized spacial score (nSPS) is 34.4. The molecule has 0 aliphatic carbocycles. The highest BCUT2D eigenvalue weighted by Crippen LogP contribution is 2.37. The van der Waals surface area contributed by atoms with Gasteiger partial charge in [0.2, 0.25) is 5.91 Å². The average molecular weight is 310 g/mol. The van der Waals surface area contributed by atoms with E-state index in [4.69, 9.17) is 0 Å². The lowest BCUT2D eigenvalue weighted by atomic mass is 9.95.